The number of nitrogens with zero attached hydrogens (tertiary/aromatic N) is 1. The Morgan fingerprint density at radius 3 is 2.03 bits per heavy atom. The zero-order valence-corrected chi connectivity index (χ0v) is 18.7. The first-order chi connectivity index (χ1) is 14.8. The Labute approximate surface area is 187 Å². The van der Waals surface area contributed by atoms with E-state index < -0.39 is 0 Å². The van der Waals surface area contributed by atoms with Crippen LogP contribution in [-0.2, 0) is 9.59 Å². The Bertz CT molecular complexity index is 1240. The molecule has 0 bridgehead atoms. The van der Waals surface area contributed by atoms with Gasteiger partial charge in [-0.05, 0) is 79.8 Å². The summed E-state index contributed by atoms with van der Waals surface area (Å²) in [4.78, 5) is 28.4. The Morgan fingerprint density at radius 1 is 0.742 bits per heavy atom. The minimum absolute atomic E-state index is 0.266. The fourth-order valence-corrected chi connectivity index (χ4v) is 3.84. The molecule has 2 amide bonds. The van der Waals surface area contributed by atoms with E-state index in [9.17, 15) is 9.59 Å². The van der Waals surface area contributed by atoms with E-state index in [-0.39, 0.29) is 17.5 Å². The number of halogens is 1. The third-order valence-electron chi connectivity index (χ3n) is 5.48. The predicted octanol–water partition coefficient (Wildman–Crippen LogP) is 5.97. The zero-order chi connectivity index (χ0) is 22.3. The van der Waals surface area contributed by atoms with Crippen molar-refractivity contribution in [1.29, 1.82) is 0 Å². The molecule has 0 unspecified atom stereocenters. The summed E-state index contributed by atoms with van der Waals surface area (Å²) >= 11 is 6.06. The molecular weight excluding hydrogens is 408 g/mol. The van der Waals surface area contributed by atoms with Crippen LogP contribution in [0.5, 0.6) is 0 Å². The van der Waals surface area contributed by atoms with Crippen LogP contribution in [0, 0.1) is 27.7 Å². The molecule has 156 valence electrons. The molecule has 0 aromatic heterocycles. The Morgan fingerprint density at radius 2 is 1.35 bits per heavy atom. The Balaban J connectivity index is 1.88. The molecule has 0 atom stereocenters. The van der Waals surface area contributed by atoms with E-state index >= 15 is 0 Å². The molecule has 0 fully saturated rings. The Hall–Kier alpha value is -3.37. The van der Waals surface area contributed by atoms with E-state index in [2.05, 4.69) is 5.32 Å². The van der Waals surface area contributed by atoms with Gasteiger partial charge >= 0.3 is 0 Å². The first-order valence-electron chi connectivity index (χ1n) is 10.1. The van der Waals surface area contributed by atoms with Crippen LogP contribution in [0.25, 0.3) is 5.57 Å². The number of amides is 2. The average Bonchev–Trinajstić information content (AvgIpc) is 2.97. The van der Waals surface area contributed by atoms with Crippen molar-refractivity contribution in [3.05, 3.63) is 99.2 Å². The highest BCUT2D eigenvalue weighted by Crippen LogP contribution is 2.36. The summed E-state index contributed by atoms with van der Waals surface area (Å²) in [5, 5.41) is 3.83. The van der Waals surface area contributed by atoms with Crippen LogP contribution >= 0.6 is 11.6 Å². The van der Waals surface area contributed by atoms with Gasteiger partial charge in [0.05, 0.1) is 11.3 Å². The number of nitrogens with one attached hydrogen (secondary N) is 1. The quantitative estimate of drug-likeness (QED) is 0.518. The fourth-order valence-electron chi connectivity index (χ4n) is 3.71. The van der Waals surface area contributed by atoms with Crippen molar-refractivity contribution in [3.63, 3.8) is 0 Å². The van der Waals surface area contributed by atoms with Crippen molar-refractivity contribution in [2.24, 2.45) is 0 Å². The van der Waals surface area contributed by atoms with E-state index in [0.29, 0.717) is 21.8 Å². The highest BCUT2D eigenvalue weighted by atomic mass is 35.5. The third-order valence-corrected chi connectivity index (χ3v) is 5.73. The van der Waals surface area contributed by atoms with Crippen LogP contribution in [-0.4, -0.2) is 11.8 Å². The van der Waals surface area contributed by atoms with Crippen LogP contribution in [0.4, 0.5) is 11.4 Å². The average molecular weight is 431 g/mol. The number of hydrogen-bond acceptors (Lipinski definition) is 3. The number of carbonyl (C=O) groups is 2. The van der Waals surface area contributed by atoms with Gasteiger partial charge in [0.1, 0.15) is 5.70 Å². The molecule has 3 aromatic carbocycles. The van der Waals surface area contributed by atoms with E-state index in [1.54, 1.807) is 24.3 Å². The molecule has 1 N–H and O–H groups in total. The lowest BCUT2D eigenvalue weighted by atomic mass is 10.0. The molecule has 0 saturated carbocycles. The monoisotopic (exact) mass is 430 g/mol. The molecule has 3 aromatic rings. The number of benzene rings is 3. The first kappa shape index (κ1) is 20.9. The predicted molar refractivity (Wildman–Crippen MR) is 126 cm³/mol. The minimum Gasteiger partial charge on any atom is -0.350 e. The molecule has 1 aliphatic rings. The molecule has 0 saturated heterocycles. The van der Waals surface area contributed by atoms with Crippen LogP contribution in [0.3, 0.4) is 0 Å². The van der Waals surface area contributed by atoms with Crippen molar-refractivity contribution >= 4 is 40.4 Å². The van der Waals surface area contributed by atoms with E-state index in [0.717, 1.165) is 27.9 Å². The molecule has 4 nitrogen and oxygen atoms in total. The van der Waals surface area contributed by atoms with Gasteiger partial charge in [-0.3, -0.25) is 9.59 Å². The number of rotatable bonds is 4. The fraction of sp³-hybridized carbons (Fsp3) is 0.154. The second-order valence-corrected chi connectivity index (χ2v) is 8.37. The summed E-state index contributed by atoms with van der Waals surface area (Å²) in [5.74, 6) is -0.724. The topological polar surface area (TPSA) is 49.4 Å². The largest absolute Gasteiger partial charge is 0.350 e. The molecular formula is C26H23ClN2O2. The maximum atomic E-state index is 13.6. The van der Waals surface area contributed by atoms with Crippen molar-refractivity contribution in [1.82, 2.24) is 0 Å². The molecule has 1 aliphatic heterocycles. The van der Waals surface area contributed by atoms with Crippen molar-refractivity contribution in [2.45, 2.75) is 27.7 Å². The van der Waals surface area contributed by atoms with Gasteiger partial charge in [0, 0.05) is 10.7 Å². The highest BCUT2D eigenvalue weighted by Gasteiger charge is 2.41. The summed E-state index contributed by atoms with van der Waals surface area (Å²) in [6, 6.07) is 18.7. The number of aryl methyl sites for hydroxylation is 4. The third kappa shape index (κ3) is 3.87. The van der Waals surface area contributed by atoms with Crippen molar-refractivity contribution in [2.75, 3.05) is 10.2 Å². The van der Waals surface area contributed by atoms with Gasteiger partial charge in [-0.1, -0.05) is 48.0 Å². The number of imide groups is 1. The molecule has 1 heterocycles. The molecule has 4 rings (SSSR count). The number of carbonyl (C=O) groups excluding carboxylic acids is 2. The maximum Gasteiger partial charge on any atom is 0.282 e. The number of hydrogen-bond donors (Lipinski definition) is 1. The summed E-state index contributed by atoms with van der Waals surface area (Å²) in [6.07, 6.45) is 0. The van der Waals surface area contributed by atoms with Crippen molar-refractivity contribution in [3.8, 4) is 0 Å². The summed E-state index contributed by atoms with van der Waals surface area (Å²) in [5.41, 5.74) is 6.52. The molecule has 0 radical (unpaired) electrons. The van der Waals surface area contributed by atoms with Gasteiger partial charge < -0.3 is 5.32 Å². The maximum absolute atomic E-state index is 13.6. The first-order valence-corrected chi connectivity index (χ1v) is 10.4. The SMILES string of the molecule is Cc1ccc(C)c(NC2=C(c3ccc(Cl)cc3)C(=O)N(c3cc(C)ccc3C)C2=O)c1. The van der Waals surface area contributed by atoms with Crippen LogP contribution in [0.1, 0.15) is 27.8 Å². The van der Waals surface area contributed by atoms with Crippen LogP contribution in [0.2, 0.25) is 5.02 Å². The summed E-state index contributed by atoms with van der Waals surface area (Å²) in [7, 11) is 0. The van der Waals surface area contributed by atoms with Gasteiger partial charge in [0.15, 0.2) is 0 Å². The van der Waals surface area contributed by atoms with Crippen LogP contribution in [0.15, 0.2) is 66.4 Å². The highest BCUT2D eigenvalue weighted by molar-refractivity contribution is 6.46. The zero-order valence-electron chi connectivity index (χ0n) is 17.9. The minimum atomic E-state index is -0.371. The lowest BCUT2D eigenvalue weighted by Crippen LogP contribution is -2.33. The lowest BCUT2D eigenvalue weighted by Gasteiger charge is -2.18. The molecule has 0 spiro atoms. The van der Waals surface area contributed by atoms with Gasteiger partial charge in [-0.15, -0.1) is 0 Å². The standard InChI is InChI=1S/C26H23ClN2O2/c1-15-5-7-17(3)21(13-15)28-24-23(19-9-11-20(27)12-10-19)25(30)29(26(24)31)22-14-16(2)6-8-18(22)4/h5-14,28H,1-4H3. The second-order valence-electron chi connectivity index (χ2n) is 7.94. The van der Waals surface area contributed by atoms with Gasteiger partial charge in [0.2, 0.25) is 0 Å². The van der Waals surface area contributed by atoms with Crippen LogP contribution < -0.4 is 10.2 Å². The lowest BCUT2D eigenvalue weighted by molar-refractivity contribution is -0.120. The summed E-state index contributed by atoms with van der Waals surface area (Å²) in [6.45, 7) is 7.79. The Kier molecular flexibility index (Phi) is 5.42. The van der Waals surface area contributed by atoms with Gasteiger partial charge in [-0.25, -0.2) is 4.90 Å². The van der Waals surface area contributed by atoms with E-state index in [4.69, 9.17) is 11.6 Å². The normalized spacial score (nSPS) is 13.9. The molecule has 5 heteroatoms. The molecule has 0 aliphatic carbocycles. The summed E-state index contributed by atoms with van der Waals surface area (Å²) < 4.78 is 0. The smallest absolute Gasteiger partial charge is 0.282 e. The number of anilines is 2. The van der Waals surface area contributed by atoms with Crippen molar-refractivity contribution < 1.29 is 9.59 Å². The van der Waals surface area contributed by atoms with Gasteiger partial charge in [-0.2, -0.15) is 0 Å². The second kappa shape index (κ2) is 8.05. The van der Waals surface area contributed by atoms with E-state index in [1.165, 1.54) is 4.90 Å². The molecule has 31 heavy (non-hydrogen) atoms. The van der Waals surface area contributed by atoms with E-state index in [1.807, 2.05) is 64.1 Å². The van der Waals surface area contributed by atoms with Gasteiger partial charge in [0.25, 0.3) is 11.8 Å².